The first-order chi connectivity index (χ1) is 15.0. The van der Waals surface area contributed by atoms with Gasteiger partial charge in [-0.25, -0.2) is 5.06 Å². The molecule has 0 aliphatic carbocycles. The van der Waals surface area contributed by atoms with Gasteiger partial charge in [-0.2, -0.15) is 15.0 Å². The third-order valence-corrected chi connectivity index (χ3v) is 5.73. The molecule has 3 aromatic rings. The topological polar surface area (TPSA) is 115 Å². The van der Waals surface area contributed by atoms with E-state index in [2.05, 4.69) is 27.6 Å². The van der Waals surface area contributed by atoms with Crippen LogP contribution in [0.3, 0.4) is 0 Å². The highest BCUT2D eigenvalue weighted by Crippen LogP contribution is 2.37. The zero-order valence-corrected chi connectivity index (χ0v) is 17.6. The van der Waals surface area contributed by atoms with E-state index in [1.807, 2.05) is 6.07 Å². The number of nitrogens with zero attached hydrogens (tertiary/aromatic N) is 5. The second-order valence-electron chi connectivity index (χ2n) is 7.63. The molecule has 0 radical (unpaired) electrons. The molecule has 1 aliphatic heterocycles. The number of aromatic nitrogens is 4. The maximum absolute atomic E-state index is 14.0. The van der Waals surface area contributed by atoms with Crippen LogP contribution >= 0.6 is 0 Å². The van der Waals surface area contributed by atoms with Crippen molar-refractivity contribution in [1.29, 1.82) is 0 Å². The average Bonchev–Trinajstić information content (AvgIpc) is 3.51. The maximum Gasteiger partial charge on any atom is 0.299 e. The summed E-state index contributed by atoms with van der Waals surface area (Å²) in [6.45, 7) is 2.43. The van der Waals surface area contributed by atoms with E-state index >= 15 is 0 Å². The van der Waals surface area contributed by atoms with Gasteiger partial charge in [-0.1, -0.05) is 17.3 Å². The lowest BCUT2D eigenvalue weighted by Gasteiger charge is -2.37. The fourth-order valence-electron chi connectivity index (χ4n) is 3.80. The van der Waals surface area contributed by atoms with Crippen LogP contribution in [0, 0.1) is 0 Å². The van der Waals surface area contributed by atoms with Crippen molar-refractivity contribution in [1.82, 2.24) is 30.5 Å². The number of para-hydroxylation sites is 1. The van der Waals surface area contributed by atoms with Crippen molar-refractivity contribution in [3.05, 3.63) is 59.7 Å². The van der Waals surface area contributed by atoms with Gasteiger partial charge in [0, 0.05) is 31.3 Å². The normalized spacial score (nSPS) is 21.1. The molecule has 1 N–H and O–H groups in total. The Balaban J connectivity index is 1.78. The molecule has 162 valence electrons. The minimum absolute atomic E-state index is 0.0761. The Morgan fingerprint density at radius 1 is 1.29 bits per heavy atom. The van der Waals surface area contributed by atoms with Crippen LogP contribution < -0.4 is 5.32 Å². The van der Waals surface area contributed by atoms with E-state index in [-0.39, 0.29) is 17.5 Å². The molecular formula is C21H24N6O4. The summed E-state index contributed by atoms with van der Waals surface area (Å²) in [5.74, 6) is -0.263. The number of rotatable bonds is 6. The van der Waals surface area contributed by atoms with Crippen molar-refractivity contribution in [2.75, 3.05) is 20.7 Å². The van der Waals surface area contributed by atoms with Gasteiger partial charge in [0.05, 0.1) is 25.2 Å². The molecule has 3 heterocycles. The van der Waals surface area contributed by atoms with Crippen molar-refractivity contribution < 1.29 is 18.9 Å². The highest BCUT2D eigenvalue weighted by molar-refractivity contribution is 6.07. The average molecular weight is 424 g/mol. The van der Waals surface area contributed by atoms with Gasteiger partial charge < -0.3 is 9.84 Å². The number of hydrogen-bond acceptors (Lipinski definition) is 8. The van der Waals surface area contributed by atoms with Crippen LogP contribution in [0.4, 0.5) is 0 Å². The molecule has 1 saturated heterocycles. The molecule has 0 bridgehead atoms. The van der Waals surface area contributed by atoms with Gasteiger partial charge in [-0.05, 0) is 31.9 Å². The van der Waals surface area contributed by atoms with Crippen LogP contribution in [-0.2, 0) is 10.3 Å². The number of amides is 1. The fourth-order valence-corrected chi connectivity index (χ4v) is 3.80. The number of hydroxylamine groups is 2. The van der Waals surface area contributed by atoms with Gasteiger partial charge in [0.1, 0.15) is 5.41 Å². The molecule has 0 spiro atoms. The summed E-state index contributed by atoms with van der Waals surface area (Å²) in [7, 11) is 2.87. The van der Waals surface area contributed by atoms with Crippen molar-refractivity contribution in [2.24, 2.45) is 0 Å². The molecule has 2 aromatic heterocycles. The molecular weight excluding hydrogens is 400 g/mol. The van der Waals surface area contributed by atoms with Crippen LogP contribution in [-0.4, -0.2) is 63.6 Å². The first kappa shape index (κ1) is 20.9. The van der Waals surface area contributed by atoms with Gasteiger partial charge in [0.2, 0.25) is 0 Å². The lowest BCUT2D eigenvalue weighted by molar-refractivity contribution is -0.0762. The molecule has 1 aliphatic rings. The lowest BCUT2D eigenvalue weighted by atomic mass is 9.71. The van der Waals surface area contributed by atoms with Crippen LogP contribution in [0.1, 0.15) is 46.4 Å². The minimum Gasteiger partial charge on any atom is -0.359 e. The summed E-state index contributed by atoms with van der Waals surface area (Å²) in [6, 6.07) is 8.96. The predicted molar refractivity (Wildman–Crippen MR) is 110 cm³/mol. The Morgan fingerprint density at radius 2 is 2.03 bits per heavy atom. The molecule has 31 heavy (non-hydrogen) atoms. The smallest absolute Gasteiger partial charge is 0.299 e. The third-order valence-electron chi connectivity index (χ3n) is 5.73. The van der Waals surface area contributed by atoms with Crippen molar-refractivity contribution in [3.8, 4) is 5.69 Å². The van der Waals surface area contributed by atoms with Gasteiger partial charge in [0.15, 0.2) is 17.2 Å². The summed E-state index contributed by atoms with van der Waals surface area (Å²) in [5, 5.41) is 16.7. The summed E-state index contributed by atoms with van der Waals surface area (Å²) in [5.41, 5.74) is 0.0957. The monoisotopic (exact) mass is 424 g/mol. The number of carbonyl (C=O) groups excluding carboxylic acids is 2. The Bertz CT molecular complexity index is 1070. The van der Waals surface area contributed by atoms with Crippen LogP contribution in [0.25, 0.3) is 5.69 Å². The molecule has 1 fully saturated rings. The lowest BCUT2D eigenvalue weighted by Crippen LogP contribution is -2.52. The van der Waals surface area contributed by atoms with Crippen LogP contribution in [0.15, 0.2) is 47.2 Å². The first-order valence-electron chi connectivity index (χ1n) is 9.99. The zero-order chi connectivity index (χ0) is 22.0. The van der Waals surface area contributed by atoms with Gasteiger partial charge >= 0.3 is 0 Å². The molecule has 0 saturated carbocycles. The maximum atomic E-state index is 14.0. The van der Waals surface area contributed by atoms with Gasteiger partial charge in [0.25, 0.3) is 5.91 Å². The summed E-state index contributed by atoms with van der Waals surface area (Å²) < 4.78 is 5.58. The largest absolute Gasteiger partial charge is 0.359 e. The summed E-state index contributed by atoms with van der Waals surface area (Å²) in [4.78, 5) is 32.8. The van der Waals surface area contributed by atoms with Crippen molar-refractivity contribution in [2.45, 2.75) is 31.2 Å². The number of ketones is 1. The number of piperidine rings is 1. The number of carbonyl (C=O) groups is 2. The second-order valence-corrected chi connectivity index (χ2v) is 7.63. The summed E-state index contributed by atoms with van der Waals surface area (Å²) >= 11 is 0. The fraction of sp³-hybridized carbons (Fsp3) is 0.381. The standard InChI is InChI=1S/C21H24N6O4/c1-14-8-9-21(13-22-14,18-12-16(25-31-18)20(29)26(2)30-3)19(28)15-6-4-5-7-17(15)27-23-10-11-24-27/h4-7,10-12,14,22H,8-9,13H2,1-3H3/t14-,21-/m1/s1. The molecule has 2 atom stereocenters. The number of benzene rings is 1. The van der Waals surface area contributed by atoms with Crippen molar-refractivity contribution in [3.63, 3.8) is 0 Å². The number of nitrogens with one attached hydrogen (secondary N) is 1. The highest BCUT2D eigenvalue weighted by Gasteiger charge is 2.47. The van der Waals surface area contributed by atoms with Crippen molar-refractivity contribution >= 4 is 11.7 Å². The summed E-state index contributed by atoms with van der Waals surface area (Å²) in [6.07, 6.45) is 4.42. The molecule has 0 unspecified atom stereocenters. The second kappa shape index (κ2) is 8.40. The Labute approximate surface area is 179 Å². The Morgan fingerprint density at radius 3 is 2.71 bits per heavy atom. The predicted octanol–water partition coefficient (Wildman–Crippen LogP) is 1.78. The van der Waals surface area contributed by atoms with Crippen LogP contribution in [0.2, 0.25) is 0 Å². The molecule has 1 amide bonds. The quantitative estimate of drug-likeness (QED) is 0.470. The molecule has 4 rings (SSSR count). The van der Waals surface area contributed by atoms with E-state index in [9.17, 15) is 9.59 Å². The van der Waals surface area contributed by atoms with E-state index in [1.165, 1.54) is 25.0 Å². The third kappa shape index (κ3) is 3.75. The van der Waals surface area contributed by atoms with Crippen LogP contribution in [0.5, 0.6) is 0 Å². The van der Waals surface area contributed by atoms with E-state index in [0.29, 0.717) is 30.0 Å². The van der Waals surface area contributed by atoms with Gasteiger partial charge in [-0.3, -0.25) is 14.4 Å². The number of Topliss-reactive ketones (excluding diaryl/α,β-unsaturated/α-hetero) is 1. The van der Waals surface area contributed by atoms with E-state index in [4.69, 9.17) is 9.36 Å². The first-order valence-corrected chi connectivity index (χ1v) is 9.99. The van der Waals surface area contributed by atoms with E-state index < -0.39 is 11.3 Å². The Kier molecular flexibility index (Phi) is 5.66. The molecule has 10 heteroatoms. The van der Waals surface area contributed by atoms with E-state index in [1.54, 1.807) is 30.6 Å². The number of hydrogen-bond donors (Lipinski definition) is 1. The molecule has 10 nitrogen and oxygen atoms in total. The van der Waals surface area contributed by atoms with Gasteiger partial charge in [-0.15, -0.1) is 0 Å². The zero-order valence-electron chi connectivity index (χ0n) is 17.6. The van der Waals surface area contributed by atoms with E-state index in [0.717, 1.165) is 11.5 Å². The minimum atomic E-state index is -1.02. The SMILES string of the molecule is CON(C)C(=O)c1cc([C@@]2(C(=O)c3ccccc3-n3nccn3)CC[C@@H](C)NC2)on1. The Hall–Kier alpha value is -3.37. The molecule has 1 aromatic carbocycles. The highest BCUT2D eigenvalue weighted by atomic mass is 16.7.